The lowest BCUT2D eigenvalue weighted by Gasteiger charge is -2.22. The number of thioether (sulfide) groups is 1. The van der Waals surface area contributed by atoms with Gasteiger partial charge in [-0.15, -0.1) is 0 Å². The van der Waals surface area contributed by atoms with Gasteiger partial charge in [0.2, 0.25) is 0 Å². The van der Waals surface area contributed by atoms with Gasteiger partial charge in [0.05, 0.1) is 71.9 Å². The largest absolute Gasteiger partial charge is 0.414 e. The lowest BCUT2D eigenvalue weighted by atomic mass is 10.1. The Balaban J connectivity index is -0.0000000471. The van der Waals surface area contributed by atoms with Gasteiger partial charge in [0.25, 0.3) is 0 Å². The SMILES string of the molecule is C.C.C.CC(C)C.CC(C)OC(C)(C)C.CC(C)OC(C)(F)F.CC(C)OC(C)(F)F.CC(C)OC(C)C.CC(C)OC(C)C(F)(F)F.CC(C)OC(C)F.CC(C)S(C)(=O)=O.CCC(C)C.CCCC(C)C.CCCCC(C)C.CCCOC(C)C.CCOC(C)C.COC(C)C.CSC(C)C. The molecule has 0 amide bonds. The minimum Gasteiger partial charge on any atom is -0.382 e. The maximum atomic E-state index is 11.8. The van der Waals surface area contributed by atoms with Gasteiger partial charge in [-0.05, 0) is 235 Å². The summed E-state index contributed by atoms with van der Waals surface area (Å²) in [5, 5.41) is 0.572. The number of sulfone groups is 1. The second kappa shape index (κ2) is 97.5. The summed E-state index contributed by atoms with van der Waals surface area (Å²) in [5.74, 6) is 3.52. The van der Waals surface area contributed by atoms with Crippen LogP contribution >= 0.6 is 11.8 Å². The molecule has 0 aliphatic carbocycles. The standard InChI is InChI=1S/C7H16O.C7H16.C6H11F3O.2C6H14O.C6H14.2C5H10F2O.C5H11FO.C5H12O.C5H12.C4H10O2S.C4H10O.C4H10S.C4H10.3CH4/c1-6(2)8-7(3,4)5;1-4-5-6-7(2)3;1-4(2)10-5(3)6(7,8)9;1-5(2)7-6(3)4;1-4-5-7-6(2)3;1-4-5-6(2)3;2*1-4(2)8-5(3,6)7;1-4(2)7-5(3)6;1-4-6-5(2)3;1-4-5(2)3;1-4(2)7(3,5)6;2*1-4(2)5-3;1-4(2)3;;;/h6H,1-5H3;7H,4-6H2,1-3H3;4-5H,1-3H3;5-6H,1-4H3;6H,4-5H2,1-3H3;6H,4-5H2,1-3H3;2*4H,1-3H3;4-5H,1-3H3;5H,4H2,1-3H3;5H,4H2,1-3H3;4H,1-3H3;2*4H,1-3H3;4H,1-3H3;3*1H4. The Morgan fingerprint density at radius 2 is 0.670 bits per heavy atom. The smallest absolute Gasteiger partial charge is 0.382 e. The van der Waals surface area contributed by atoms with Crippen molar-refractivity contribution in [1.29, 1.82) is 0 Å². The number of halogens is 8. The summed E-state index contributed by atoms with van der Waals surface area (Å²) in [4.78, 5) is 0. The van der Waals surface area contributed by atoms with E-state index >= 15 is 0 Å². The zero-order valence-corrected chi connectivity index (χ0v) is 76.7. The van der Waals surface area contributed by atoms with Crippen LogP contribution in [0.25, 0.3) is 0 Å². The predicted octanol–water partition coefficient (Wildman–Crippen LogP) is 29.6. The van der Waals surface area contributed by atoms with E-state index in [1.807, 2.05) is 87.9 Å². The molecule has 0 fully saturated rings. The first-order valence-electron chi connectivity index (χ1n) is 37.3. The first-order valence-corrected chi connectivity index (χ1v) is 40.6. The van der Waals surface area contributed by atoms with E-state index in [-0.39, 0.29) is 45.3 Å². The Morgan fingerprint density at radius 3 is 0.699 bits per heavy atom. The molecule has 0 aromatic rings. The molecule has 0 aromatic heterocycles. The first kappa shape index (κ1) is 148. The summed E-state index contributed by atoms with van der Waals surface area (Å²) in [6.45, 7) is 87.7. The summed E-state index contributed by atoms with van der Waals surface area (Å²) in [6.07, 6.45) is 0.742. The second-order valence-corrected chi connectivity index (χ2v) is 33.7. The van der Waals surface area contributed by atoms with Crippen LogP contribution in [0.1, 0.15) is 379 Å². The van der Waals surface area contributed by atoms with Crippen LogP contribution in [-0.2, 0) is 52.5 Å². The van der Waals surface area contributed by atoms with Crippen LogP contribution in [0.4, 0.5) is 35.1 Å². The highest BCUT2D eigenvalue weighted by molar-refractivity contribution is 7.99. The molecule has 0 bridgehead atoms. The Labute approximate surface area is 647 Å². The molecule has 0 saturated heterocycles. The number of hydrogen-bond acceptors (Lipinski definition) is 12. The topological polar surface area (TPSA) is 117 Å². The third kappa shape index (κ3) is 294. The molecule has 0 aliphatic rings. The molecule has 2 atom stereocenters. The summed E-state index contributed by atoms with van der Waals surface area (Å²) in [6, 6.07) is 0. The second-order valence-electron chi connectivity index (χ2n) is 29.7. The Morgan fingerprint density at radius 1 is 0.398 bits per heavy atom. The monoisotopic (exact) mass is 1570 g/mol. The van der Waals surface area contributed by atoms with Gasteiger partial charge in [0.1, 0.15) is 9.84 Å². The highest BCUT2D eigenvalue weighted by Crippen LogP contribution is 2.23. The van der Waals surface area contributed by atoms with Crippen LogP contribution in [0.2, 0.25) is 0 Å². The van der Waals surface area contributed by atoms with Crippen molar-refractivity contribution < 1.29 is 86.2 Å². The van der Waals surface area contributed by atoms with Gasteiger partial charge >= 0.3 is 18.4 Å². The van der Waals surface area contributed by atoms with E-state index in [4.69, 9.17) is 23.7 Å². The van der Waals surface area contributed by atoms with E-state index in [1.165, 1.54) is 51.7 Å². The highest BCUT2D eigenvalue weighted by atomic mass is 32.2. The molecule has 2 unspecified atom stereocenters. The lowest BCUT2D eigenvalue weighted by Crippen LogP contribution is -2.30. The number of methoxy groups -OCH3 is 1. The summed E-state index contributed by atoms with van der Waals surface area (Å²) in [5.41, 5.74) is 0.0220. The molecule has 0 rings (SSSR count). The van der Waals surface area contributed by atoms with Crippen LogP contribution in [0, 0.1) is 23.7 Å². The van der Waals surface area contributed by atoms with Crippen molar-refractivity contribution in [1.82, 2.24) is 0 Å². The number of alkyl halides is 8. The third-order valence-corrected chi connectivity index (χ3v) is 11.8. The van der Waals surface area contributed by atoms with Gasteiger partial charge in [-0.25, -0.2) is 12.8 Å². The molecule has 21 heteroatoms. The quantitative estimate of drug-likeness (QED) is 0.0810. The Hall–Kier alpha value is -0.620. The predicted molar refractivity (Wildman–Crippen MR) is 448 cm³/mol. The van der Waals surface area contributed by atoms with Crippen LogP contribution in [0.5, 0.6) is 0 Å². The van der Waals surface area contributed by atoms with Gasteiger partial charge in [-0.2, -0.15) is 42.5 Å². The van der Waals surface area contributed by atoms with Crippen LogP contribution < -0.4 is 0 Å². The van der Waals surface area contributed by atoms with Gasteiger partial charge in [-0.3, -0.25) is 0 Å². The van der Waals surface area contributed by atoms with Gasteiger partial charge in [0, 0.05) is 40.4 Å². The molecule has 0 radical (unpaired) electrons. The maximum absolute atomic E-state index is 11.8. The number of ether oxygens (including phenoxy) is 9. The fourth-order valence-electron chi connectivity index (χ4n) is 4.82. The molecule has 654 valence electrons. The zero-order valence-electron chi connectivity index (χ0n) is 75.1. The minimum atomic E-state index is -4.23. The average Bonchev–Trinajstić information content (AvgIpc) is 0.978. The Bertz CT molecular complexity index is 1410. The molecule has 11 nitrogen and oxygen atoms in total. The van der Waals surface area contributed by atoms with E-state index in [0.29, 0.717) is 36.6 Å². The molecule has 103 heavy (non-hydrogen) atoms. The summed E-state index contributed by atoms with van der Waals surface area (Å²) in [7, 11) is -1.04. The molecule has 0 heterocycles. The van der Waals surface area contributed by atoms with Crippen molar-refractivity contribution in [2.75, 3.05) is 32.8 Å². The van der Waals surface area contributed by atoms with E-state index in [0.717, 1.165) is 69.3 Å². The number of unbranched alkanes of at least 4 members (excludes halogenated alkanes) is 1. The van der Waals surface area contributed by atoms with Crippen molar-refractivity contribution in [3.05, 3.63) is 0 Å². The molecular formula is C82H192F8O11S2. The maximum Gasteiger partial charge on any atom is 0.414 e. The molecule has 0 N–H and O–H groups in total. The van der Waals surface area contributed by atoms with Gasteiger partial charge in [-0.1, -0.05) is 165 Å². The van der Waals surface area contributed by atoms with E-state index in [9.17, 15) is 43.5 Å². The van der Waals surface area contributed by atoms with Crippen molar-refractivity contribution in [3.63, 3.8) is 0 Å². The molecule has 0 aliphatic heterocycles. The number of hydrogen-bond donors (Lipinski definition) is 0. The summed E-state index contributed by atoms with van der Waals surface area (Å²) < 4.78 is 157. The fraction of sp³-hybridized carbons (Fsp3) is 1.00. The molecule has 0 spiro atoms. The summed E-state index contributed by atoms with van der Waals surface area (Å²) >= 11 is 1.88. The highest BCUT2D eigenvalue weighted by Gasteiger charge is 2.37. The van der Waals surface area contributed by atoms with E-state index in [1.54, 1.807) is 76.3 Å². The first-order chi connectivity index (χ1) is 44.4. The van der Waals surface area contributed by atoms with E-state index < -0.39 is 52.9 Å². The average molecular weight is 1570 g/mol. The third-order valence-electron chi connectivity index (χ3n) is 9.19. The van der Waals surface area contributed by atoms with Gasteiger partial charge in [0.15, 0.2) is 12.5 Å². The van der Waals surface area contributed by atoms with Crippen LogP contribution in [0.3, 0.4) is 0 Å². The molecular weight excluding hydrogens is 1380 g/mol. The molecule has 0 aromatic carbocycles. The van der Waals surface area contributed by atoms with E-state index in [2.05, 4.69) is 164 Å². The van der Waals surface area contributed by atoms with Crippen molar-refractivity contribution >= 4 is 21.6 Å². The van der Waals surface area contributed by atoms with Crippen LogP contribution in [-0.4, -0.2) is 149 Å². The minimum absolute atomic E-state index is 0. The normalized spacial score (nSPS) is 11.5. The van der Waals surface area contributed by atoms with Gasteiger partial charge < -0.3 is 42.6 Å². The molecule has 0 saturated carbocycles. The lowest BCUT2D eigenvalue weighted by molar-refractivity contribution is -0.243. The van der Waals surface area contributed by atoms with Crippen molar-refractivity contribution in [3.8, 4) is 0 Å². The zero-order chi connectivity index (χ0) is 84.3. The fourth-order valence-corrected chi connectivity index (χ4v) is 4.82. The van der Waals surface area contributed by atoms with Crippen molar-refractivity contribution in [2.45, 2.75) is 487 Å². The van der Waals surface area contributed by atoms with Crippen LogP contribution in [0.15, 0.2) is 0 Å². The number of rotatable bonds is 25. The van der Waals surface area contributed by atoms with Crippen molar-refractivity contribution in [2.24, 2.45) is 23.7 Å². The Kier molecular flexibility index (Phi) is 140.